The minimum absolute atomic E-state index is 0.443. The van der Waals surface area contributed by atoms with Crippen molar-refractivity contribution in [2.45, 2.75) is 31.4 Å². The van der Waals surface area contributed by atoms with Crippen molar-refractivity contribution in [3.8, 4) is 5.75 Å². The average molecular weight is 261 g/mol. The second-order valence-electron chi connectivity index (χ2n) is 5.49. The van der Waals surface area contributed by atoms with Gasteiger partial charge in [-0.2, -0.15) is 0 Å². The third kappa shape index (κ3) is 4.08. The molecule has 0 bridgehead atoms. The van der Waals surface area contributed by atoms with Gasteiger partial charge in [-0.15, -0.1) is 0 Å². The molecular formula is C16H23NO2. The highest BCUT2D eigenvalue weighted by molar-refractivity contribution is 5.27. The fourth-order valence-electron chi connectivity index (χ4n) is 2.46. The van der Waals surface area contributed by atoms with Crippen LogP contribution in [0.15, 0.2) is 36.9 Å². The van der Waals surface area contributed by atoms with Crippen molar-refractivity contribution in [3.63, 3.8) is 0 Å². The smallest absolute Gasteiger partial charge is 0.119 e. The Balaban J connectivity index is 1.82. The van der Waals surface area contributed by atoms with Crippen LogP contribution >= 0.6 is 0 Å². The Kier molecular flexibility index (Phi) is 4.61. The maximum atomic E-state index is 10.1. The van der Waals surface area contributed by atoms with Crippen molar-refractivity contribution in [2.75, 3.05) is 20.2 Å². The number of likely N-dealkylation sites (N-methyl/N-ethyl adjacent to an activating group) is 1. The summed E-state index contributed by atoms with van der Waals surface area (Å²) in [4.78, 5) is 2.18. The lowest BCUT2D eigenvalue weighted by Crippen LogP contribution is -2.46. The number of aliphatic hydroxyl groups is 1. The fraction of sp³-hybridized carbons (Fsp3) is 0.500. The molecule has 0 radical (unpaired) electrons. The van der Waals surface area contributed by atoms with Gasteiger partial charge in [0.1, 0.15) is 12.4 Å². The fourth-order valence-corrected chi connectivity index (χ4v) is 2.46. The molecule has 3 nitrogen and oxygen atoms in total. The Morgan fingerprint density at radius 2 is 2.05 bits per heavy atom. The summed E-state index contributed by atoms with van der Waals surface area (Å²) < 4.78 is 5.45. The van der Waals surface area contributed by atoms with Crippen molar-refractivity contribution < 1.29 is 9.84 Å². The first kappa shape index (κ1) is 14.1. The molecule has 1 aliphatic carbocycles. The van der Waals surface area contributed by atoms with Crippen molar-refractivity contribution in [1.29, 1.82) is 0 Å². The zero-order valence-corrected chi connectivity index (χ0v) is 11.6. The van der Waals surface area contributed by atoms with Gasteiger partial charge in [-0.3, -0.25) is 4.90 Å². The molecule has 1 aromatic carbocycles. The van der Waals surface area contributed by atoms with Crippen LogP contribution < -0.4 is 4.74 Å². The van der Waals surface area contributed by atoms with Gasteiger partial charge in [0, 0.05) is 13.1 Å². The quantitative estimate of drug-likeness (QED) is 0.766. The first-order valence-electron chi connectivity index (χ1n) is 6.85. The second kappa shape index (κ2) is 6.22. The molecule has 0 atom stereocenters. The summed E-state index contributed by atoms with van der Waals surface area (Å²) >= 11 is 0. The van der Waals surface area contributed by atoms with Gasteiger partial charge in [0.2, 0.25) is 0 Å². The Labute approximate surface area is 115 Å². The number of ether oxygens (including phenoxy) is 1. The molecule has 0 aliphatic heterocycles. The molecule has 1 fully saturated rings. The predicted molar refractivity (Wildman–Crippen MR) is 77.3 cm³/mol. The van der Waals surface area contributed by atoms with Crippen molar-refractivity contribution in [3.05, 3.63) is 42.5 Å². The summed E-state index contributed by atoms with van der Waals surface area (Å²) in [5, 5.41) is 10.1. The van der Waals surface area contributed by atoms with E-state index in [0.717, 1.165) is 38.1 Å². The topological polar surface area (TPSA) is 32.7 Å². The molecule has 0 aromatic heterocycles. The van der Waals surface area contributed by atoms with Crippen LogP contribution in [-0.2, 0) is 6.54 Å². The SMILES string of the molecule is C=CCOc1ccc(CN(C)CC2(O)CCC2)cc1. The van der Waals surface area contributed by atoms with Gasteiger partial charge in [-0.25, -0.2) is 0 Å². The van der Waals surface area contributed by atoms with E-state index in [1.807, 2.05) is 12.1 Å². The van der Waals surface area contributed by atoms with Gasteiger partial charge in [-0.1, -0.05) is 24.8 Å². The summed E-state index contributed by atoms with van der Waals surface area (Å²) in [5.74, 6) is 0.865. The van der Waals surface area contributed by atoms with E-state index in [0.29, 0.717) is 6.61 Å². The minimum Gasteiger partial charge on any atom is -0.490 e. The van der Waals surface area contributed by atoms with Gasteiger partial charge in [0.25, 0.3) is 0 Å². The van der Waals surface area contributed by atoms with Crippen LogP contribution in [0.1, 0.15) is 24.8 Å². The number of hydrogen-bond acceptors (Lipinski definition) is 3. The van der Waals surface area contributed by atoms with Gasteiger partial charge in [-0.05, 0) is 44.0 Å². The van der Waals surface area contributed by atoms with Gasteiger partial charge < -0.3 is 9.84 Å². The molecule has 0 amide bonds. The molecule has 19 heavy (non-hydrogen) atoms. The Morgan fingerprint density at radius 1 is 1.37 bits per heavy atom. The Morgan fingerprint density at radius 3 is 2.58 bits per heavy atom. The van der Waals surface area contributed by atoms with Crippen LogP contribution in [0.25, 0.3) is 0 Å². The number of nitrogens with zero attached hydrogens (tertiary/aromatic N) is 1. The molecule has 0 heterocycles. The third-order valence-electron chi connectivity index (χ3n) is 3.59. The molecule has 1 N–H and O–H groups in total. The number of benzene rings is 1. The molecule has 2 rings (SSSR count). The molecule has 1 saturated carbocycles. The minimum atomic E-state index is -0.443. The maximum Gasteiger partial charge on any atom is 0.119 e. The summed E-state index contributed by atoms with van der Waals surface area (Å²) in [6, 6.07) is 8.09. The van der Waals surface area contributed by atoms with E-state index in [9.17, 15) is 5.11 Å². The largest absolute Gasteiger partial charge is 0.490 e. The van der Waals surface area contributed by atoms with Crippen LogP contribution in [0.2, 0.25) is 0 Å². The summed E-state index contributed by atoms with van der Waals surface area (Å²) in [6.45, 7) is 5.76. The van der Waals surface area contributed by atoms with Crippen LogP contribution in [0, 0.1) is 0 Å². The lowest BCUT2D eigenvalue weighted by atomic mass is 9.80. The maximum absolute atomic E-state index is 10.1. The predicted octanol–water partition coefficient (Wildman–Crippen LogP) is 2.60. The lowest BCUT2D eigenvalue weighted by molar-refractivity contribution is -0.0555. The third-order valence-corrected chi connectivity index (χ3v) is 3.59. The van der Waals surface area contributed by atoms with Gasteiger partial charge in [0.05, 0.1) is 5.60 Å². The van der Waals surface area contributed by atoms with Crippen molar-refractivity contribution >= 4 is 0 Å². The molecular weight excluding hydrogens is 238 g/mol. The standard InChI is InChI=1S/C16H23NO2/c1-3-11-19-15-7-5-14(6-8-15)12-17(2)13-16(18)9-4-10-16/h3,5-8,18H,1,4,9-13H2,2H3. The molecule has 104 valence electrons. The normalized spacial score (nSPS) is 17.0. The van der Waals surface area contributed by atoms with Crippen molar-refractivity contribution in [2.24, 2.45) is 0 Å². The van der Waals surface area contributed by atoms with E-state index in [1.54, 1.807) is 6.08 Å². The number of rotatable bonds is 7. The number of hydrogen-bond donors (Lipinski definition) is 1. The van der Waals surface area contributed by atoms with Crippen LogP contribution in [0.3, 0.4) is 0 Å². The molecule has 1 aromatic rings. The monoisotopic (exact) mass is 261 g/mol. The first-order chi connectivity index (χ1) is 9.11. The molecule has 0 saturated heterocycles. The van der Waals surface area contributed by atoms with Crippen molar-refractivity contribution in [1.82, 2.24) is 4.90 Å². The van der Waals surface area contributed by atoms with E-state index >= 15 is 0 Å². The highest BCUT2D eigenvalue weighted by atomic mass is 16.5. The Hall–Kier alpha value is -1.32. The van der Waals surface area contributed by atoms with Crippen LogP contribution in [0.5, 0.6) is 5.75 Å². The molecule has 0 spiro atoms. The first-order valence-corrected chi connectivity index (χ1v) is 6.85. The van der Waals surface area contributed by atoms with Gasteiger partial charge >= 0.3 is 0 Å². The average Bonchev–Trinajstić information content (AvgIpc) is 2.36. The molecule has 3 heteroatoms. The van der Waals surface area contributed by atoms with Gasteiger partial charge in [0.15, 0.2) is 0 Å². The lowest BCUT2D eigenvalue weighted by Gasteiger charge is -2.39. The zero-order valence-electron chi connectivity index (χ0n) is 11.6. The van der Waals surface area contributed by atoms with E-state index < -0.39 is 5.60 Å². The summed E-state index contributed by atoms with van der Waals surface area (Å²) in [7, 11) is 2.05. The Bertz CT molecular complexity index is 409. The van der Waals surface area contributed by atoms with Crippen LogP contribution in [-0.4, -0.2) is 35.8 Å². The van der Waals surface area contributed by atoms with Crippen LogP contribution in [0.4, 0.5) is 0 Å². The van der Waals surface area contributed by atoms with E-state index in [4.69, 9.17) is 4.74 Å². The second-order valence-corrected chi connectivity index (χ2v) is 5.49. The highest BCUT2D eigenvalue weighted by Gasteiger charge is 2.35. The van der Waals surface area contributed by atoms with E-state index in [2.05, 4.69) is 30.7 Å². The molecule has 0 unspecified atom stereocenters. The highest BCUT2D eigenvalue weighted by Crippen LogP contribution is 2.32. The molecule has 1 aliphatic rings. The summed E-state index contributed by atoms with van der Waals surface area (Å²) in [6.07, 6.45) is 4.76. The van der Waals surface area contributed by atoms with E-state index in [-0.39, 0.29) is 0 Å². The van der Waals surface area contributed by atoms with E-state index in [1.165, 1.54) is 5.56 Å². The zero-order chi connectivity index (χ0) is 13.7. The summed E-state index contributed by atoms with van der Waals surface area (Å²) in [5.41, 5.74) is 0.790.